The summed E-state index contributed by atoms with van der Waals surface area (Å²) >= 11 is 0. The molecule has 0 bridgehead atoms. The van der Waals surface area contributed by atoms with E-state index in [-0.39, 0.29) is 46.2 Å². The molecule has 8 fully saturated rings. The van der Waals surface area contributed by atoms with E-state index in [2.05, 4.69) is 54.5 Å². The van der Waals surface area contributed by atoms with Crippen LogP contribution < -0.4 is 0 Å². The normalized spacial score (nSPS) is 54.3. The molecular formula is C52H84O20. The molecule has 20 nitrogen and oxygen atoms in total. The summed E-state index contributed by atoms with van der Waals surface area (Å²) in [6.45, 7) is 16.4. The number of carboxylic acid groups (broad SMARTS) is 1. The highest BCUT2D eigenvalue weighted by molar-refractivity contribution is 5.76. The van der Waals surface area contributed by atoms with E-state index in [1.54, 1.807) is 0 Å². The van der Waals surface area contributed by atoms with Crippen molar-refractivity contribution in [2.75, 3.05) is 19.8 Å². The number of ether oxygens (including phenoxy) is 8. The summed E-state index contributed by atoms with van der Waals surface area (Å²) in [5.74, 6) is -0.0524. The molecule has 412 valence electrons. The van der Waals surface area contributed by atoms with E-state index in [1.165, 1.54) is 12.5 Å². The fourth-order valence-electron chi connectivity index (χ4n) is 16.0. The Bertz CT molecular complexity index is 1990. The van der Waals surface area contributed by atoms with Gasteiger partial charge in [0, 0.05) is 0 Å². The largest absolute Gasteiger partial charge is 0.481 e. The molecule has 72 heavy (non-hydrogen) atoms. The predicted octanol–water partition coefficient (Wildman–Crippen LogP) is 0.836. The minimum Gasteiger partial charge on any atom is -0.481 e. The molecule has 0 unspecified atom stereocenters. The zero-order chi connectivity index (χ0) is 52.4. The third kappa shape index (κ3) is 8.87. The third-order valence-corrected chi connectivity index (χ3v) is 20.7. The summed E-state index contributed by atoms with van der Waals surface area (Å²) in [4.78, 5) is 13.2. The molecule has 26 atom stereocenters. The number of aliphatic hydroxyl groups is 10. The van der Waals surface area contributed by atoms with Gasteiger partial charge in [-0.05, 0) is 116 Å². The average molecular weight is 1030 g/mol. The summed E-state index contributed by atoms with van der Waals surface area (Å²) in [7, 11) is 0. The van der Waals surface area contributed by atoms with Gasteiger partial charge in [-0.15, -0.1) is 0 Å². The first-order valence-corrected chi connectivity index (χ1v) is 26.5. The molecule has 9 aliphatic rings. The maximum Gasteiger partial charge on any atom is 0.310 e. The van der Waals surface area contributed by atoms with Crippen LogP contribution in [0.3, 0.4) is 0 Å². The van der Waals surface area contributed by atoms with Crippen LogP contribution in [0, 0.1) is 50.2 Å². The van der Waals surface area contributed by atoms with Gasteiger partial charge in [-0.1, -0.05) is 60.1 Å². The van der Waals surface area contributed by atoms with Gasteiger partial charge in [-0.2, -0.15) is 0 Å². The van der Waals surface area contributed by atoms with E-state index >= 15 is 0 Å². The molecule has 5 aliphatic carbocycles. The third-order valence-electron chi connectivity index (χ3n) is 20.7. The molecule has 20 heteroatoms. The lowest BCUT2D eigenvalue weighted by Gasteiger charge is -2.71. The predicted molar refractivity (Wildman–Crippen MR) is 250 cm³/mol. The number of carboxylic acids is 1. The highest BCUT2D eigenvalue weighted by Crippen LogP contribution is 2.76. The molecule has 0 radical (unpaired) electrons. The van der Waals surface area contributed by atoms with Crippen LogP contribution in [-0.2, 0) is 42.7 Å². The van der Waals surface area contributed by atoms with Crippen LogP contribution in [0.2, 0.25) is 0 Å². The fourth-order valence-corrected chi connectivity index (χ4v) is 16.0. The SMILES string of the molecule is C[C@@H]1O[C@@H](O[C@H]2[C@H](O[C@@H]3CC[C@]4(C)[C@H](CC[C@]5(C)[C@@H]4CC=C4[C@H]6CC(C)(C)CC[C@]6(C(=O)O)CC[C@]45C)C3(C)C)OC[C@H](O)[C@@H]2O)[C@H](O)[C@H](O[C@H]2OC[C@@H](O[C@@H]3O[C@H](CO)[C@@H](O)[C@H](O)[C@H]3O)[C@H](O)[C@H]2O)[C@H]1O. The highest BCUT2D eigenvalue weighted by atomic mass is 16.8. The molecule has 9 rings (SSSR count). The quantitative estimate of drug-likeness (QED) is 0.107. The fraction of sp³-hybridized carbons (Fsp3) is 0.942. The molecule has 0 aromatic carbocycles. The molecular weight excluding hydrogens is 945 g/mol. The van der Waals surface area contributed by atoms with Crippen LogP contribution >= 0.6 is 0 Å². The van der Waals surface area contributed by atoms with Crippen molar-refractivity contribution in [2.45, 2.75) is 236 Å². The van der Waals surface area contributed by atoms with Crippen LogP contribution in [0.25, 0.3) is 0 Å². The van der Waals surface area contributed by atoms with Crippen molar-refractivity contribution < 1.29 is 98.9 Å². The van der Waals surface area contributed by atoms with Gasteiger partial charge < -0.3 is 94.1 Å². The van der Waals surface area contributed by atoms with Crippen LogP contribution in [0.5, 0.6) is 0 Å². The Morgan fingerprint density at radius 3 is 1.99 bits per heavy atom. The summed E-state index contributed by atoms with van der Waals surface area (Å²) < 4.78 is 47.8. The zero-order valence-electron chi connectivity index (χ0n) is 43.1. The standard InChI is InChI=1S/C52H84O20/c1-23-32(55)40(71-42-37(60)35(58)28(22-66-42)69-43-38(61)36(59)34(57)27(20-53)68-43)39(62)44(67-23)72-41-33(56)26(54)21-65-45(41)70-31-12-13-49(6)29(48(31,4)5)11-14-51(8)30(49)10-9-24-25-19-47(2,3)15-17-52(25,46(63)64)18-16-50(24,51)7/h9,23,25-45,53-62H,10-22H2,1-8H3,(H,63,64)/t23-,25+,26-,27+,28+,29+,30+,31+,32-,33-,34+,35-,36-,37+,38+,39+,40+,41+,42+,43-,44-,45-,49+,50+,51+,52-/m0/s1. The molecule has 0 aromatic heterocycles. The van der Waals surface area contributed by atoms with Crippen LogP contribution in [0.1, 0.15) is 120 Å². The topological polar surface area (TPSA) is 313 Å². The van der Waals surface area contributed by atoms with E-state index < -0.39 is 141 Å². The van der Waals surface area contributed by atoms with Crippen LogP contribution in [-0.4, -0.2) is 199 Å². The zero-order valence-corrected chi connectivity index (χ0v) is 43.1. The van der Waals surface area contributed by atoms with E-state index in [0.29, 0.717) is 25.2 Å². The molecule has 4 saturated heterocycles. The van der Waals surface area contributed by atoms with Crippen molar-refractivity contribution in [3.8, 4) is 0 Å². The van der Waals surface area contributed by atoms with Gasteiger partial charge >= 0.3 is 5.97 Å². The summed E-state index contributed by atoms with van der Waals surface area (Å²) in [5, 5.41) is 119. The van der Waals surface area contributed by atoms with E-state index in [0.717, 1.165) is 44.9 Å². The molecule has 4 saturated carbocycles. The second-order valence-electron chi connectivity index (χ2n) is 25.4. The maximum absolute atomic E-state index is 13.2. The molecule has 0 amide bonds. The monoisotopic (exact) mass is 1030 g/mol. The number of allylic oxidation sites excluding steroid dienone is 2. The van der Waals surface area contributed by atoms with Gasteiger partial charge in [0.25, 0.3) is 0 Å². The smallest absolute Gasteiger partial charge is 0.310 e. The van der Waals surface area contributed by atoms with Crippen molar-refractivity contribution in [3.05, 3.63) is 11.6 Å². The van der Waals surface area contributed by atoms with Crippen molar-refractivity contribution in [3.63, 3.8) is 0 Å². The Labute approximate surface area is 421 Å². The van der Waals surface area contributed by atoms with E-state index in [9.17, 15) is 61.0 Å². The number of hydrogen-bond donors (Lipinski definition) is 11. The van der Waals surface area contributed by atoms with Gasteiger partial charge in [0.15, 0.2) is 25.2 Å². The minimum atomic E-state index is -1.86. The van der Waals surface area contributed by atoms with E-state index in [4.69, 9.17) is 37.9 Å². The van der Waals surface area contributed by atoms with Crippen molar-refractivity contribution in [1.29, 1.82) is 0 Å². The number of aliphatic hydroxyl groups excluding tert-OH is 10. The summed E-state index contributed by atoms with van der Waals surface area (Å²) in [6.07, 6.45) is -17.4. The first-order valence-electron chi connectivity index (χ1n) is 26.5. The van der Waals surface area contributed by atoms with Crippen molar-refractivity contribution in [1.82, 2.24) is 0 Å². The molecule has 4 aliphatic heterocycles. The number of carbonyl (C=O) groups is 1. The minimum absolute atomic E-state index is 0.0208. The Hall–Kier alpha value is -1.51. The second kappa shape index (κ2) is 19.7. The van der Waals surface area contributed by atoms with Crippen LogP contribution in [0.15, 0.2) is 11.6 Å². The molecule has 0 spiro atoms. The molecule has 0 aromatic rings. The lowest BCUT2D eigenvalue weighted by molar-refractivity contribution is -0.382. The van der Waals surface area contributed by atoms with E-state index in [1.807, 2.05) is 0 Å². The Morgan fingerprint density at radius 2 is 1.29 bits per heavy atom. The Balaban J connectivity index is 0.874. The van der Waals surface area contributed by atoms with Gasteiger partial charge in [-0.25, -0.2) is 0 Å². The first kappa shape index (κ1) is 55.3. The van der Waals surface area contributed by atoms with Crippen molar-refractivity contribution >= 4 is 5.97 Å². The summed E-state index contributed by atoms with van der Waals surface area (Å²) in [5.41, 5.74) is 0.0683. The van der Waals surface area contributed by atoms with Gasteiger partial charge in [0.05, 0.1) is 37.4 Å². The van der Waals surface area contributed by atoms with Crippen molar-refractivity contribution in [2.24, 2.45) is 50.2 Å². The number of fused-ring (bicyclic) bond motifs is 7. The summed E-state index contributed by atoms with van der Waals surface area (Å²) in [6, 6.07) is 0. The molecule has 4 heterocycles. The highest BCUT2D eigenvalue weighted by Gasteiger charge is 2.70. The molecule has 11 N–H and O–H groups in total. The first-order chi connectivity index (χ1) is 33.7. The van der Waals surface area contributed by atoms with Gasteiger partial charge in [-0.3, -0.25) is 4.79 Å². The lowest BCUT2D eigenvalue weighted by Crippen LogP contribution is -2.66. The van der Waals surface area contributed by atoms with Crippen LogP contribution in [0.4, 0.5) is 0 Å². The number of aliphatic carboxylic acids is 1. The average Bonchev–Trinajstić information content (AvgIpc) is 3.32. The Morgan fingerprint density at radius 1 is 0.639 bits per heavy atom. The van der Waals surface area contributed by atoms with Gasteiger partial charge in [0.1, 0.15) is 79.4 Å². The number of hydrogen-bond acceptors (Lipinski definition) is 19. The second-order valence-corrected chi connectivity index (χ2v) is 25.4. The Kier molecular flexibility index (Phi) is 15.2. The number of rotatable bonds is 10. The lowest BCUT2D eigenvalue weighted by atomic mass is 9.33. The van der Waals surface area contributed by atoms with Gasteiger partial charge in [0.2, 0.25) is 0 Å². The maximum atomic E-state index is 13.2.